The van der Waals surface area contributed by atoms with Crippen LogP contribution in [0.25, 0.3) is 5.69 Å². The molecule has 0 amide bonds. The molecule has 25 heavy (non-hydrogen) atoms. The van der Waals surface area contributed by atoms with E-state index in [4.69, 9.17) is 4.74 Å². The number of rotatable bonds is 5. The van der Waals surface area contributed by atoms with E-state index in [9.17, 15) is 4.39 Å². The Balaban J connectivity index is 1.61. The largest absolute Gasteiger partial charge is 0.490 e. The number of hydrogen-bond acceptors (Lipinski definition) is 2. The fourth-order valence-electron chi connectivity index (χ4n) is 2.92. The molecule has 0 atom stereocenters. The number of halogens is 2. The molecule has 1 aliphatic carbocycles. The van der Waals surface area contributed by atoms with Gasteiger partial charge in [-0.1, -0.05) is 18.2 Å². The molecule has 4 rings (SSSR count). The van der Waals surface area contributed by atoms with Crippen LogP contribution in [0.2, 0.25) is 0 Å². The number of benzene rings is 2. The van der Waals surface area contributed by atoms with Crippen LogP contribution in [0, 0.1) is 5.82 Å². The molecular formula is C20H18BrFN2O. The highest BCUT2D eigenvalue weighted by Gasteiger charge is 2.19. The molecule has 1 heterocycles. The fraction of sp³-hybridized carbons (Fsp3) is 0.250. The van der Waals surface area contributed by atoms with Crippen LogP contribution in [0.1, 0.15) is 30.5 Å². The highest BCUT2D eigenvalue weighted by atomic mass is 79.9. The molecule has 0 radical (unpaired) electrons. The maximum Gasteiger partial charge on any atom is 0.128 e. The number of nitrogens with zero attached hydrogens (tertiary/aromatic N) is 2. The van der Waals surface area contributed by atoms with Crippen LogP contribution in [-0.4, -0.2) is 15.9 Å². The predicted octanol–water partition coefficient (Wildman–Crippen LogP) is 5.30. The van der Waals surface area contributed by atoms with E-state index in [0.29, 0.717) is 12.5 Å². The van der Waals surface area contributed by atoms with Crippen molar-refractivity contribution in [2.75, 3.05) is 0 Å². The van der Waals surface area contributed by atoms with E-state index in [0.717, 1.165) is 40.1 Å². The van der Waals surface area contributed by atoms with Gasteiger partial charge >= 0.3 is 0 Å². The Morgan fingerprint density at radius 2 is 1.92 bits per heavy atom. The van der Waals surface area contributed by atoms with Crippen molar-refractivity contribution in [1.29, 1.82) is 0 Å². The molecule has 1 fully saturated rings. The van der Waals surface area contributed by atoms with Gasteiger partial charge in [0.05, 0.1) is 11.8 Å². The zero-order valence-corrected chi connectivity index (χ0v) is 15.2. The average molecular weight is 401 g/mol. The summed E-state index contributed by atoms with van der Waals surface area (Å²) in [6, 6.07) is 16.6. The van der Waals surface area contributed by atoms with E-state index in [2.05, 4.69) is 21.0 Å². The average Bonchev–Trinajstić information content (AvgIpc) is 2.94. The Kier molecular flexibility index (Phi) is 4.57. The minimum absolute atomic E-state index is 0.223. The van der Waals surface area contributed by atoms with Crippen molar-refractivity contribution in [2.24, 2.45) is 0 Å². The van der Waals surface area contributed by atoms with E-state index in [-0.39, 0.29) is 5.82 Å². The van der Waals surface area contributed by atoms with Crippen molar-refractivity contribution in [1.82, 2.24) is 9.78 Å². The Bertz CT molecular complexity index is 872. The summed E-state index contributed by atoms with van der Waals surface area (Å²) in [5.41, 5.74) is 3.02. The van der Waals surface area contributed by atoms with E-state index < -0.39 is 0 Å². The van der Waals surface area contributed by atoms with Crippen molar-refractivity contribution in [3.05, 3.63) is 76.3 Å². The zero-order valence-electron chi connectivity index (χ0n) is 13.7. The Morgan fingerprint density at radius 3 is 2.64 bits per heavy atom. The molecule has 1 aliphatic rings. The molecule has 0 unspecified atom stereocenters. The second-order valence-corrected chi connectivity index (χ2v) is 7.15. The van der Waals surface area contributed by atoms with Crippen LogP contribution in [0.15, 0.2) is 59.2 Å². The monoisotopic (exact) mass is 400 g/mol. The quantitative estimate of drug-likeness (QED) is 0.581. The van der Waals surface area contributed by atoms with Gasteiger partial charge in [-0.25, -0.2) is 9.07 Å². The lowest BCUT2D eigenvalue weighted by Crippen LogP contribution is -2.24. The van der Waals surface area contributed by atoms with E-state index in [1.165, 1.54) is 18.6 Å². The van der Waals surface area contributed by atoms with E-state index in [1.807, 2.05) is 35.0 Å². The molecule has 3 nitrogen and oxygen atoms in total. The fourth-order valence-corrected chi connectivity index (χ4v) is 3.34. The van der Waals surface area contributed by atoms with Gasteiger partial charge in [-0.15, -0.1) is 0 Å². The molecule has 0 N–H and O–H groups in total. The summed E-state index contributed by atoms with van der Waals surface area (Å²) < 4.78 is 21.8. The molecule has 3 aromatic rings. The smallest absolute Gasteiger partial charge is 0.128 e. The SMILES string of the molecule is Fc1ccc(Cc2cc(Br)nn2-c2cccc(OC3CCC3)c2)cc1. The zero-order chi connectivity index (χ0) is 17.2. The number of ether oxygens (including phenoxy) is 1. The van der Waals surface area contributed by atoms with Gasteiger partial charge in [-0.3, -0.25) is 0 Å². The van der Waals surface area contributed by atoms with Gasteiger partial charge in [-0.2, -0.15) is 5.10 Å². The maximum atomic E-state index is 13.1. The molecule has 0 saturated heterocycles. The third-order valence-electron chi connectivity index (χ3n) is 4.47. The van der Waals surface area contributed by atoms with Crippen LogP contribution < -0.4 is 4.74 Å². The van der Waals surface area contributed by atoms with Crippen molar-refractivity contribution in [2.45, 2.75) is 31.8 Å². The molecule has 2 aromatic carbocycles. The molecule has 1 saturated carbocycles. The minimum atomic E-state index is -0.223. The Morgan fingerprint density at radius 1 is 1.12 bits per heavy atom. The summed E-state index contributed by atoms with van der Waals surface area (Å²) in [7, 11) is 0. The third kappa shape index (κ3) is 3.76. The van der Waals surface area contributed by atoms with E-state index >= 15 is 0 Å². The van der Waals surface area contributed by atoms with Crippen LogP contribution in [0.5, 0.6) is 5.75 Å². The van der Waals surface area contributed by atoms with Gasteiger partial charge in [0, 0.05) is 18.2 Å². The normalized spacial score (nSPS) is 14.3. The number of hydrogen-bond donors (Lipinski definition) is 0. The molecule has 128 valence electrons. The van der Waals surface area contributed by atoms with Crippen LogP contribution in [0.4, 0.5) is 4.39 Å². The van der Waals surface area contributed by atoms with Gasteiger partial charge in [0.2, 0.25) is 0 Å². The first kappa shape index (κ1) is 16.3. The summed E-state index contributed by atoms with van der Waals surface area (Å²) in [6.07, 6.45) is 4.53. The lowest BCUT2D eigenvalue weighted by atomic mass is 9.96. The van der Waals surface area contributed by atoms with Crippen LogP contribution in [-0.2, 0) is 6.42 Å². The van der Waals surface area contributed by atoms with Gasteiger partial charge in [-0.05, 0) is 71.1 Å². The van der Waals surface area contributed by atoms with Crippen LogP contribution >= 0.6 is 15.9 Å². The Labute approximate surface area is 154 Å². The molecular weight excluding hydrogens is 383 g/mol. The number of aromatic nitrogens is 2. The summed E-state index contributed by atoms with van der Waals surface area (Å²) in [5, 5.41) is 4.55. The standard InChI is InChI=1S/C20H18BrFN2O/c21-20-13-17(11-14-7-9-15(22)10-8-14)24(23-20)16-3-1-6-19(12-16)25-18-4-2-5-18/h1,3,6-10,12-13,18H,2,4-5,11H2. The second-order valence-electron chi connectivity index (χ2n) is 6.34. The molecule has 0 spiro atoms. The highest BCUT2D eigenvalue weighted by Crippen LogP contribution is 2.27. The summed E-state index contributed by atoms with van der Waals surface area (Å²) in [4.78, 5) is 0. The molecule has 5 heteroatoms. The topological polar surface area (TPSA) is 27.1 Å². The van der Waals surface area contributed by atoms with Crippen molar-refractivity contribution >= 4 is 15.9 Å². The first-order chi connectivity index (χ1) is 12.2. The lowest BCUT2D eigenvalue weighted by Gasteiger charge is -2.26. The van der Waals surface area contributed by atoms with Gasteiger partial charge in [0.1, 0.15) is 16.2 Å². The third-order valence-corrected chi connectivity index (χ3v) is 4.86. The highest BCUT2D eigenvalue weighted by molar-refractivity contribution is 9.10. The summed E-state index contributed by atoms with van der Waals surface area (Å²) in [6.45, 7) is 0. The Hall–Kier alpha value is -2.14. The summed E-state index contributed by atoms with van der Waals surface area (Å²) in [5.74, 6) is 0.654. The van der Waals surface area contributed by atoms with Crippen LogP contribution in [0.3, 0.4) is 0 Å². The van der Waals surface area contributed by atoms with Crippen molar-refractivity contribution in [3.8, 4) is 11.4 Å². The van der Waals surface area contributed by atoms with Gasteiger partial charge in [0.15, 0.2) is 0 Å². The first-order valence-corrected chi connectivity index (χ1v) is 9.23. The molecule has 0 bridgehead atoms. The predicted molar refractivity (Wildman–Crippen MR) is 98.7 cm³/mol. The maximum absolute atomic E-state index is 13.1. The molecule has 1 aromatic heterocycles. The van der Waals surface area contributed by atoms with Gasteiger partial charge in [0.25, 0.3) is 0 Å². The lowest BCUT2D eigenvalue weighted by molar-refractivity contribution is 0.120. The minimum Gasteiger partial charge on any atom is -0.490 e. The van der Waals surface area contributed by atoms with Crippen molar-refractivity contribution < 1.29 is 9.13 Å². The second kappa shape index (κ2) is 7.00. The van der Waals surface area contributed by atoms with Crippen molar-refractivity contribution in [3.63, 3.8) is 0 Å². The summed E-state index contributed by atoms with van der Waals surface area (Å²) >= 11 is 3.46. The first-order valence-electron chi connectivity index (χ1n) is 8.43. The van der Waals surface area contributed by atoms with E-state index in [1.54, 1.807) is 12.1 Å². The molecule has 0 aliphatic heterocycles. The van der Waals surface area contributed by atoms with Gasteiger partial charge < -0.3 is 4.74 Å².